The summed E-state index contributed by atoms with van der Waals surface area (Å²) in [6.45, 7) is 17.6. The minimum absolute atomic E-state index is 0.0696. The predicted molar refractivity (Wildman–Crippen MR) is 81.0 cm³/mol. The number of hydrogen-bond acceptors (Lipinski definition) is 2. The van der Waals surface area contributed by atoms with Gasteiger partial charge in [-0.2, -0.15) is 0 Å². The Morgan fingerprint density at radius 2 is 1.65 bits per heavy atom. The third kappa shape index (κ3) is 8.81. The maximum atomic E-state index is 6.53. The zero-order chi connectivity index (χ0) is 13.9. The third-order valence-electron chi connectivity index (χ3n) is 2.36. The molecule has 0 heterocycles. The second kappa shape index (κ2) is 5.85. The van der Waals surface area contributed by atoms with Gasteiger partial charge in [0, 0.05) is 12.3 Å². The SMILES string of the molecule is CC(=NC(C)(C)C)C(C)(Cl)CCO[Si](C)(C)C. The monoisotopic (exact) mass is 277 g/mol. The van der Waals surface area contributed by atoms with Gasteiger partial charge >= 0.3 is 0 Å². The molecule has 0 aliphatic heterocycles. The average molecular weight is 278 g/mol. The topological polar surface area (TPSA) is 21.6 Å². The number of aliphatic imine (C=N–C) groups is 1. The van der Waals surface area contributed by atoms with Crippen LogP contribution in [0.1, 0.15) is 41.0 Å². The average Bonchev–Trinajstić information content (AvgIpc) is 1.97. The Hall–Kier alpha value is 0.137. The van der Waals surface area contributed by atoms with Crippen molar-refractivity contribution in [1.29, 1.82) is 0 Å². The molecule has 0 saturated carbocycles. The number of hydrogen-bond donors (Lipinski definition) is 0. The van der Waals surface area contributed by atoms with Crippen LogP contribution in [0.5, 0.6) is 0 Å². The van der Waals surface area contributed by atoms with E-state index >= 15 is 0 Å². The van der Waals surface area contributed by atoms with Crippen LogP contribution in [-0.2, 0) is 4.43 Å². The van der Waals surface area contributed by atoms with Gasteiger partial charge in [0.25, 0.3) is 0 Å². The molecule has 1 unspecified atom stereocenters. The predicted octanol–water partition coefficient (Wildman–Crippen LogP) is 4.48. The minimum Gasteiger partial charge on any atom is -0.418 e. The van der Waals surface area contributed by atoms with E-state index in [-0.39, 0.29) is 5.54 Å². The molecule has 0 aromatic heterocycles. The molecule has 0 fully saturated rings. The fourth-order valence-electron chi connectivity index (χ4n) is 1.35. The minimum atomic E-state index is -1.44. The van der Waals surface area contributed by atoms with Gasteiger partial charge in [-0.05, 0) is 60.7 Å². The molecule has 0 amide bonds. The lowest BCUT2D eigenvalue weighted by molar-refractivity contribution is 0.297. The lowest BCUT2D eigenvalue weighted by Crippen LogP contribution is -2.33. The van der Waals surface area contributed by atoms with E-state index in [1.807, 2.05) is 13.8 Å². The third-order valence-corrected chi connectivity index (χ3v) is 3.90. The Morgan fingerprint density at radius 3 is 2.00 bits per heavy atom. The van der Waals surface area contributed by atoms with E-state index in [9.17, 15) is 0 Å². The maximum Gasteiger partial charge on any atom is 0.183 e. The Balaban J connectivity index is 4.43. The first-order chi connectivity index (χ1) is 7.33. The van der Waals surface area contributed by atoms with Crippen LogP contribution in [0.15, 0.2) is 4.99 Å². The van der Waals surface area contributed by atoms with Crippen molar-refractivity contribution >= 4 is 25.6 Å². The summed E-state index contributed by atoms with van der Waals surface area (Å²) >= 11 is 6.53. The molecule has 0 rings (SSSR count). The molecule has 0 spiro atoms. The van der Waals surface area contributed by atoms with Crippen molar-refractivity contribution in [3.63, 3.8) is 0 Å². The highest BCUT2D eigenvalue weighted by atomic mass is 35.5. The summed E-state index contributed by atoms with van der Waals surface area (Å²) in [6, 6.07) is 0. The summed E-state index contributed by atoms with van der Waals surface area (Å²) in [5, 5.41) is 0. The summed E-state index contributed by atoms with van der Waals surface area (Å²) in [7, 11) is -1.44. The summed E-state index contributed by atoms with van der Waals surface area (Å²) in [5.41, 5.74) is 0.922. The number of alkyl halides is 1. The van der Waals surface area contributed by atoms with Gasteiger partial charge in [0.05, 0.1) is 10.4 Å². The van der Waals surface area contributed by atoms with Crippen molar-refractivity contribution in [3.05, 3.63) is 0 Å². The molecule has 1 atom stereocenters. The summed E-state index contributed by atoms with van der Waals surface area (Å²) < 4.78 is 5.84. The normalized spacial score (nSPS) is 18.1. The molecule has 17 heavy (non-hydrogen) atoms. The van der Waals surface area contributed by atoms with Gasteiger partial charge in [-0.15, -0.1) is 11.6 Å². The summed E-state index contributed by atoms with van der Waals surface area (Å²) in [4.78, 5) is 4.24. The molecule has 0 aromatic rings. The summed E-state index contributed by atoms with van der Waals surface area (Å²) in [5.74, 6) is 0. The largest absolute Gasteiger partial charge is 0.418 e. The second-order valence-corrected chi connectivity index (χ2v) is 12.1. The van der Waals surface area contributed by atoms with Crippen molar-refractivity contribution < 1.29 is 4.43 Å². The highest BCUT2D eigenvalue weighted by molar-refractivity contribution is 6.69. The highest BCUT2D eigenvalue weighted by Gasteiger charge is 2.27. The van der Waals surface area contributed by atoms with Gasteiger partial charge in [-0.3, -0.25) is 4.99 Å². The van der Waals surface area contributed by atoms with Crippen LogP contribution in [0.3, 0.4) is 0 Å². The molecule has 2 nitrogen and oxygen atoms in total. The van der Waals surface area contributed by atoms with Crippen molar-refractivity contribution in [3.8, 4) is 0 Å². The van der Waals surface area contributed by atoms with Gasteiger partial charge in [-0.25, -0.2) is 0 Å². The zero-order valence-electron chi connectivity index (χ0n) is 12.6. The Labute approximate surface area is 113 Å². The van der Waals surface area contributed by atoms with Gasteiger partial charge in [0.1, 0.15) is 0 Å². The van der Waals surface area contributed by atoms with E-state index in [2.05, 4.69) is 45.4 Å². The second-order valence-electron chi connectivity index (χ2n) is 6.78. The highest BCUT2D eigenvalue weighted by Crippen LogP contribution is 2.24. The molecule has 0 aliphatic rings. The molecule has 0 radical (unpaired) electrons. The Morgan fingerprint density at radius 1 is 1.18 bits per heavy atom. The van der Waals surface area contributed by atoms with E-state index in [0.29, 0.717) is 6.61 Å². The van der Waals surface area contributed by atoms with E-state index in [4.69, 9.17) is 16.0 Å². The van der Waals surface area contributed by atoms with Crippen LogP contribution in [0, 0.1) is 0 Å². The van der Waals surface area contributed by atoms with E-state index in [1.54, 1.807) is 0 Å². The molecular weight excluding hydrogens is 250 g/mol. The van der Waals surface area contributed by atoms with Crippen molar-refractivity contribution in [2.45, 2.75) is 71.1 Å². The van der Waals surface area contributed by atoms with Crippen molar-refractivity contribution in [2.75, 3.05) is 6.61 Å². The first kappa shape index (κ1) is 17.1. The molecule has 0 N–H and O–H groups in total. The molecule has 0 aliphatic carbocycles. The van der Waals surface area contributed by atoms with Crippen LogP contribution in [-0.4, -0.2) is 31.0 Å². The summed E-state index contributed by atoms with van der Waals surface area (Å²) in [6.07, 6.45) is 0.810. The molecule has 0 aromatic carbocycles. The fourth-order valence-corrected chi connectivity index (χ4v) is 2.18. The van der Waals surface area contributed by atoms with Crippen LogP contribution < -0.4 is 0 Å². The van der Waals surface area contributed by atoms with Crippen LogP contribution >= 0.6 is 11.6 Å². The lowest BCUT2D eigenvalue weighted by atomic mass is 10.0. The van der Waals surface area contributed by atoms with Crippen LogP contribution in [0.2, 0.25) is 19.6 Å². The number of nitrogens with zero attached hydrogens (tertiary/aromatic N) is 1. The smallest absolute Gasteiger partial charge is 0.183 e. The van der Waals surface area contributed by atoms with Gasteiger partial charge in [0.2, 0.25) is 0 Å². The van der Waals surface area contributed by atoms with Crippen LogP contribution in [0.25, 0.3) is 0 Å². The van der Waals surface area contributed by atoms with E-state index in [0.717, 1.165) is 12.1 Å². The maximum absolute atomic E-state index is 6.53. The quantitative estimate of drug-likeness (QED) is 0.412. The zero-order valence-corrected chi connectivity index (χ0v) is 14.4. The first-order valence-corrected chi connectivity index (χ1v) is 10.0. The molecule has 102 valence electrons. The number of halogens is 1. The van der Waals surface area contributed by atoms with Crippen molar-refractivity contribution in [1.82, 2.24) is 0 Å². The van der Waals surface area contributed by atoms with E-state index in [1.165, 1.54) is 0 Å². The van der Waals surface area contributed by atoms with Crippen LogP contribution in [0.4, 0.5) is 0 Å². The molecule has 4 heteroatoms. The number of rotatable bonds is 5. The molecular formula is C13H28ClNOSi. The Kier molecular flexibility index (Phi) is 5.90. The van der Waals surface area contributed by atoms with Crippen molar-refractivity contribution in [2.24, 2.45) is 4.99 Å². The first-order valence-electron chi connectivity index (χ1n) is 6.23. The Bertz CT molecular complexity index is 274. The van der Waals surface area contributed by atoms with E-state index < -0.39 is 13.2 Å². The lowest BCUT2D eigenvalue weighted by Gasteiger charge is -2.27. The fraction of sp³-hybridized carbons (Fsp3) is 0.923. The molecule has 0 saturated heterocycles. The van der Waals surface area contributed by atoms with Gasteiger partial charge < -0.3 is 4.43 Å². The van der Waals surface area contributed by atoms with Gasteiger partial charge in [-0.1, -0.05) is 0 Å². The van der Waals surface area contributed by atoms with Gasteiger partial charge in [0.15, 0.2) is 8.32 Å². The standard InChI is InChI=1S/C13H28ClNOSi/c1-11(15-12(2,3)4)13(5,14)9-10-16-17(6,7)8/h9-10H2,1-8H3. The molecule has 0 bridgehead atoms.